The first-order valence-corrected chi connectivity index (χ1v) is 6.57. The third-order valence-corrected chi connectivity index (χ3v) is 3.30. The zero-order valence-electron chi connectivity index (χ0n) is 10.6. The smallest absolute Gasteiger partial charge is 0.309 e. The van der Waals surface area contributed by atoms with Gasteiger partial charge >= 0.3 is 5.97 Å². The van der Waals surface area contributed by atoms with Crippen LogP contribution in [0.3, 0.4) is 0 Å². The maximum atomic E-state index is 11.8. The molecule has 6 heteroatoms. The van der Waals surface area contributed by atoms with E-state index in [0.29, 0.717) is 10.8 Å². The van der Waals surface area contributed by atoms with Crippen molar-refractivity contribution >= 4 is 29.3 Å². The second-order valence-electron chi connectivity index (χ2n) is 4.56. The van der Waals surface area contributed by atoms with E-state index in [2.05, 4.69) is 10.3 Å². The number of aromatic nitrogens is 1. The first-order chi connectivity index (χ1) is 9.06. The van der Waals surface area contributed by atoms with Crippen molar-refractivity contribution in [1.29, 1.82) is 0 Å². The average Bonchev–Trinajstić information content (AvgIpc) is 2.29. The Morgan fingerprint density at radius 1 is 1.47 bits per heavy atom. The Labute approximate surface area is 116 Å². The van der Waals surface area contributed by atoms with Crippen LogP contribution >= 0.6 is 11.6 Å². The van der Waals surface area contributed by atoms with Gasteiger partial charge in [-0.3, -0.25) is 9.59 Å². The van der Waals surface area contributed by atoms with Gasteiger partial charge in [0.05, 0.1) is 10.9 Å². The van der Waals surface area contributed by atoms with E-state index in [-0.39, 0.29) is 11.9 Å². The molecular weight excluding hydrogens is 268 g/mol. The number of rotatable bonds is 4. The summed E-state index contributed by atoms with van der Waals surface area (Å²) in [4.78, 5) is 27.3. The van der Waals surface area contributed by atoms with Gasteiger partial charge in [-0.15, -0.1) is 0 Å². The summed E-state index contributed by atoms with van der Waals surface area (Å²) < 4.78 is 5.11. The van der Waals surface area contributed by atoms with Crippen molar-refractivity contribution in [3.05, 3.63) is 23.4 Å². The first-order valence-electron chi connectivity index (χ1n) is 6.19. The first kappa shape index (κ1) is 13.8. The number of carbonyl (C=O) groups is 2. The Morgan fingerprint density at radius 3 is 2.74 bits per heavy atom. The van der Waals surface area contributed by atoms with E-state index >= 15 is 0 Å². The zero-order valence-corrected chi connectivity index (χ0v) is 11.3. The van der Waals surface area contributed by atoms with E-state index < -0.39 is 12.0 Å². The molecule has 0 bridgehead atoms. The van der Waals surface area contributed by atoms with Crippen LogP contribution in [0.25, 0.3) is 0 Å². The topological polar surface area (TPSA) is 68.3 Å². The van der Waals surface area contributed by atoms with Crippen LogP contribution in [0.4, 0.5) is 5.82 Å². The highest BCUT2D eigenvalue weighted by molar-refractivity contribution is 6.30. The molecule has 1 aromatic heterocycles. The summed E-state index contributed by atoms with van der Waals surface area (Å²) in [6, 6.07) is 3.20. The molecule has 1 aliphatic carbocycles. The van der Waals surface area contributed by atoms with Crippen molar-refractivity contribution in [3.8, 4) is 0 Å². The number of pyridine rings is 1. The molecule has 0 aromatic carbocycles. The molecule has 0 spiro atoms. The minimum atomic E-state index is -0.828. The molecule has 2 rings (SSSR count). The molecule has 1 heterocycles. The molecule has 1 N–H and O–H groups in total. The van der Waals surface area contributed by atoms with E-state index in [9.17, 15) is 9.59 Å². The normalized spacial score (nSPS) is 16.3. The lowest BCUT2D eigenvalue weighted by Gasteiger charge is -2.24. The average molecular weight is 283 g/mol. The van der Waals surface area contributed by atoms with Crippen LogP contribution < -0.4 is 5.32 Å². The summed E-state index contributed by atoms with van der Waals surface area (Å²) in [5.41, 5.74) is 0. The van der Waals surface area contributed by atoms with Crippen molar-refractivity contribution in [2.75, 3.05) is 5.32 Å². The van der Waals surface area contributed by atoms with Gasteiger partial charge in [-0.05, 0) is 31.9 Å². The molecule has 0 aliphatic heterocycles. The van der Waals surface area contributed by atoms with Crippen molar-refractivity contribution in [2.24, 2.45) is 5.92 Å². The zero-order chi connectivity index (χ0) is 13.8. The molecule has 5 nitrogen and oxygen atoms in total. The minimum Gasteiger partial charge on any atom is -0.452 e. The van der Waals surface area contributed by atoms with Crippen LogP contribution in [0.5, 0.6) is 0 Å². The van der Waals surface area contributed by atoms with Gasteiger partial charge in [0.2, 0.25) is 0 Å². The van der Waals surface area contributed by atoms with Gasteiger partial charge in [-0.2, -0.15) is 0 Å². The molecule has 1 saturated carbocycles. The molecule has 102 valence electrons. The van der Waals surface area contributed by atoms with Gasteiger partial charge in [-0.1, -0.05) is 18.0 Å². The third-order valence-electron chi connectivity index (χ3n) is 3.08. The van der Waals surface area contributed by atoms with Gasteiger partial charge in [0.25, 0.3) is 5.91 Å². The maximum Gasteiger partial charge on any atom is 0.309 e. The molecule has 19 heavy (non-hydrogen) atoms. The van der Waals surface area contributed by atoms with Crippen LogP contribution in [0.15, 0.2) is 18.3 Å². The number of esters is 1. The molecule has 1 atom stereocenters. The van der Waals surface area contributed by atoms with Crippen LogP contribution in [-0.4, -0.2) is 23.0 Å². The predicted octanol–water partition coefficient (Wildman–Crippen LogP) is 2.41. The number of nitrogens with zero attached hydrogens (tertiary/aromatic N) is 1. The molecule has 1 aromatic rings. The van der Waals surface area contributed by atoms with E-state index in [1.54, 1.807) is 19.1 Å². The molecule has 1 amide bonds. The fourth-order valence-electron chi connectivity index (χ4n) is 1.65. The van der Waals surface area contributed by atoms with Crippen LogP contribution in [0.1, 0.15) is 26.2 Å². The van der Waals surface area contributed by atoms with E-state index in [0.717, 1.165) is 19.3 Å². The Kier molecular flexibility index (Phi) is 4.37. The number of carbonyl (C=O) groups excluding carboxylic acids is 2. The summed E-state index contributed by atoms with van der Waals surface area (Å²) in [6.45, 7) is 1.54. The van der Waals surface area contributed by atoms with Crippen molar-refractivity contribution in [3.63, 3.8) is 0 Å². The van der Waals surface area contributed by atoms with Crippen LogP contribution in [0.2, 0.25) is 5.02 Å². The maximum absolute atomic E-state index is 11.8. The van der Waals surface area contributed by atoms with Crippen molar-refractivity contribution in [2.45, 2.75) is 32.3 Å². The largest absolute Gasteiger partial charge is 0.452 e. The molecule has 0 unspecified atom stereocenters. The minimum absolute atomic E-state index is 0.0380. The lowest BCUT2D eigenvalue weighted by molar-refractivity contribution is -0.159. The van der Waals surface area contributed by atoms with E-state index in [1.165, 1.54) is 6.20 Å². The second-order valence-corrected chi connectivity index (χ2v) is 4.99. The number of halogens is 1. The van der Waals surface area contributed by atoms with Crippen LogP contribution in [0, 0.1) is 5.92 Å². The van der Waals surface area contributed by atoms with E-state index in [1.807, 2.05) is 0 Å². The highest BCUT2D eigenvalue weighted by Gasteiger charge is 2.29. The number of ether oxygens (including phenoxy) is 1. The molecular formula is C13H15ClN2O3. The van der Waals surface area contributed by atoms with Gasteiger partial charge in [0.1, 0.15) is 5.82 Å². The molecule has 1 fully saturated rings. The number of amides is 1. The Balaban J connectivity index is 1.84. The summed E-state index contributed by atoms with van der Waals surface area (Å²) in [5, 5.41) is 3.05. The monoisotopic (exact) mass is 282 g/mol. The summed E-state index contributed by atoms with van der Waals surface area (Å²) >= 11 is 5.69. The van der Waals surface area contributed by atoms with Crippen molar-refractivity contribution in [1.82, 2.24) is 4.98 Å². The number of anilines is 1. The predicted molar refractivity (Wildman–Crippen MR) is 70.8 cm³/mol. The molecule has 1 aliphatic rings. The SMILES string of the molecule is C[C@H](OC(=O)C1CCC1)C(=O)Nc1ccc(Cl)cn1. The fourth-order valence-corrected chi connectivity index (χ4v) is 1.76. The Bertz CT molecular complexity index is 471. The second kappa shape index (κ2) is 6.02. The van der Waals surface area contributed by atoms with Gasteiger partial charge in [0, 0.05) is 6.20 Å². The van der Waals surface area contributed by atoms with Crippen molar-refractivity contribution < 1.29 is 14.3 Å². The Hall–Kier alpha value is -1.62. The fraction of sp³-hybridized carbons (Fsp3) is 0.462. The summed E-state index contributed by atoms with van der Waals surface area (Å²) in [5.74, 6) is -0.356. The highest BCUT2D eigenvalue weighted by Crippen LogP contribution is 2.27. The molecule has 0 radical (unpaired) electrons. The quantitative estimate of drug-likeness (QED) is 0.861. The summed E-state index contributed by atoms with van der Waals surface area (Å²) in [7, 11) is 0. The highest BCUT2D eigenvalue weighted by atomic mass is 35.5. The van der Waals surface area contributed by atoms with Gasteiger partial charge in [0.15, 0.2) is 6.10 Å². The summed E-state index contributed by atoms with van der Waals surface area (Å²) in [6.07, 6.45) is 3.36. The van der Waals surface area contributed by atoms with Gasteiger partial charge in [-0.25, -0.2) is 4.98 Å². The lowest BCUT2D eigenvalue weighted by Crippen LogP contribution is -2.34. The standard InChI is InChI=1S/C13H15ClN2O3/c1-8(19-13(18)9-3-2-4-9)12(17)16-11-6-5-10(14)7-15-11/h5-9H,2-4H2,1H3,(H,15,16,17)/t8-/m0/s1. The number of hydrogen-bond acceptors (Lipinski definition) is 4. The number of nitrogens with one attached hydrogen (secondary N) is 1. The Morgan fingerprint density at radius 2 is 2.21 bits per heavy atom. The van der Waals surface area contributed by atoms with Crippen LogP contribution in [-0.2, 0) is 14.3 Å². The molecule has 0 saturated heterocycles. The van der Waals surface area contributed by atoms with E-state index in [4.69, 9.17) is 16.3 Å². The number of hydrogen-bond donors (Lipinski definition) is 1. The third kappa shape index (κ3) is 3.67. The lowest BCUT2D eigenvalue weighted by atomic mass is 9.86. The van der Waals surface area contributed by atoms with Gasteiger partial charge < -0.3 is 10.1 Å².